The maximum atomic E-state index is 13.0. The summed E-state index contributed by atoms with van der Waals surface area (Å²) >= 11 is 11.5. The molecule has 0 spiro atoms. The number of rotatable bonds is 3. The van der Waals surface area contributed by atoms with Crippen molar-refractivity contribution in [3.8, 4) is 0 Å². The lowest BCUT2D eigenvalue weighted by molar-refractivity contribution is 0.102. The van der Waals surface area contributed by atoms with Crippen LogP contribution >= 0.6 is 23.2 Å². The summed E-state index contributed by atoms with van der Waals surface area (Å²) in [5, 5.41) is 2.58. The van der Waals surface area contributed by atoms with Gasteiger partial charge in [0.2, 0.25) is 0 Å². The summed E-state index contributed by atoms with van der Waals surface area (Å²) < 4.78 is 13.0. The van der Waals surface area contributed by atoms with Gasteiger partial charge in [-0.15, -0.1) is 0 Å². The first-order valence-electron chi connectivity index (χ1n) is 5.41. The Balaban J connectivity index is 2.25. The Morgan fingerprint density at radius 2 is 1.95 bits per heavy atom. The predicted octanol–water partition coefficient (Wildman–Crippen LogP) is 3.07. The number of nitrogens with two attached hydrogens (primary N) is 1. The van der Waals surface area contributed by atoms with E-state index in [0.29, 0.717) is 5.69 Å². The zero-order valence-electron chi connectivity index (χ0n) is 9.95. The summed E-state index contributed by atoms with van der Waals surface area (Å²) in [6.45, 7) is 0. The van der Waals surface area contributed by atoms with Crippen molar-refractivity contribution < 1.29 is 9.18 Å². The molecule has 0 unspecified atom stereocenters. The molecule has 0 fully saturated rings. The number of halogens is 3. The molecular weight excluding hydrogens is 306 g/mol. The highest BCUT2D eigenvalue weighted by atomic mass is 35.5. The van der Waals surface area contributed by atoms with Gasteiger partial charge in [-0.2, -0.15) is 0 Å². The summed E-state index contributed by atoms with van der Waals surface area (Å²) in [6.07, 6.45) is 0. The van der Waals surface area contributed by atoms with Crippen LogP contribution in [0, 0.1) is 5.82 Å². The van der Waals surface area contributed by atoms with Crippen LogP contribution in [-0.2, 0) is 0 Å². The molecule has 104 valence electrons. The minimum Gasteiger partial charge on any atom is -0.321 e. The van der Waals surface area contributed by atoms with Crippen molar-refractivity contribution in [3.05, 3.63) is 51.9 Å². The number of anilines is 2. The molecule has 4 N–H and O–H groups in total. The highest BCUT2D eigenvalue weighted by Gasteiger charge is 2.14. The van der Waals surface area contributed by atoms with Crippen LogP contribution in [0.5, 0.6) is 0 Å². The first-order chi connectivity index (χ1) is 9.51. The summed E-state index contributed by atoms with van der Waals surface area (Å²) in [4.78, 5) is 16.0. The molecule has 1 amide bonds. The maximum Gasteiger partial charge on any atom is 0.275 e. The molecule has 0 radical (unpaired) electrons. The number of amides is 1. The van der Waals surface area contributed by atoms with Gasteiger partial charge in [0.25, 0.3) is 5.91 Å². The molecule has 0 saturated carbocycles. The van der Waals surface area contributed by atoms with Crippen molar-refractivity contribution in [2.24, 2.45) is 5.84 Å². The average molecular weight is 315 g/mol. The number of nitrogen functional groups attached to an aromatic ring is 1. The number of carbonyl (C=O) groups excluding carboxylic acids is 1. The Morgan fingerprint density at radius 1 is 1.20 bits per heavy atom. The Kier molecular flexibility index (Phi) is 4.39. The number of nitrogens with zero attached hydrogens (tertiary/aromatic N) is 1. The molecule has 1 aromatic heterocycles. The van der Waals surface area contributed by atoms with Crippen molar-refractivity contribution in [1.29, 1.82) is 0 Å². The molecular formula is C12H9Cl2FN4O. The standard InChI is InChI=1S/C12H9Cl2FN4O/c13-7-2-4-10(19-16)18-11(7)12(20)17-6-1-3-9(15)8(14)5-6/h1-5H,16H2,(H,17,20)(H,18,19). The van der Waals surface area contributed by atoms with Crippen molar-refractivity contribution >= 4 is 40.6 Å². The number of nitrogens with one attached hydrogen (secondary N) is 2. The molecule has 0 saturated heterocycles. The summed E-state index contributed by atoms with van der Waals surface area (Å²) in [5.74, 6) is 4.37. The minimum absolute atomic E-state index is 0.0115. The molecule has 5 nitrogen and oxygen atoms in total. The Hall–Kier alpha value is -1.89. The Labute approximate surface area is 123 Å². The van der Waals surface area contributed by atoms with Gasteiger partial charge in [0.15, 0.2) is 0 Å². The van der Waals surface area contributed by atoms with Crippen molar-refractivity contribution in [2.75, 3.05) is 10.7 Å². The lowest BCUT2D eigenvalue weighted by Crippen LogP contribution is -2.16. The zero-order chi connectivity index (χ0) is 14.7. The first-order valence-corrected chi connectivity index (χ1v) is 6.16. The van der Waals surface area contributed by atoms with Crippen LogP contribution in [-0.4, -0.2) is 10.9 Å². The molecule has 8 heteroatoms. The maximum absolute atomic E-state index is 13.0. The van der Waals surface area contributed by atoms with Gasteiger partial charge in [0, 0.05) is 5.69 Å². The number of hydrazine groups is 1. The Morgan fingerprint density at radius 3 is 2.60 bits per heavy atom. The third kappa shape index (κ3) is 3.16. The first kappa shape index (κ1) is 14.5. The van der Waals surface area contributed by atoms with Gasteiger partial charge in [0.05, 0.1) is 10.0 Å². The minimum atomic E-state index is -0.574. The molecule has 0 aliphatic carbocycles. The van der Waals surface area contributed by atoms with Gasteiger partial charge < -0.3 is 10.7 Å². The molecule has 2 aromatic rings. The molecule has 0 atom stereocenters. The lowest BCUT2D eigenvalue weighted by atomic mass is 10.2. The van der Waals surface area contributed by atoms with Crippen LogP contribution in [0.4, 0.5) is 15.9 Å². The normalized spacial score (nSPS) is 10.2. The zero-order valence-corrected chi connectivity index (χ0v) is 11.5. The fourth-order valence-corrected chi connectivity index (χ4v) is 1.82. The quantitative estimate of drug-likeness (QED) is 0.601. The van der Waals surface area contributed by atoms with E-state index in [2.05, 4.69) is 15.7 Å². The molecule has 1 heterocycles. The SMILES string of the molecule is NNc1ccc(Cl)c(C(=O)Nc2ccc(F)c(Cl)c2)n1. The van der Waals surface area contributed by atoms with E-state index in [1.807, 2.05) is 0 Å². The highest BCUT2D eigenvalue weighted by Crippen LogP contribution is 2.21. The van der Waals surface area contributed by atoms with Crippen LogP contribution in [0.2, 0.25) is 10.0 Å². The van der Waals surface area contributed by atoms with Gasteiger partial charge in [-0.1, -0.05) is 23.2 Å². The largest absolute Gasteiger partial charge is 0.321 e. The van der Waals surface area contributed by atoms with Crippen molar-refractivity contribution in [2.45, 2.75) is 0 Å². The van der Waals surface area contributed by atoms with E-state index in [1.165, 1.54) is 24.3 Å². The van der Waals surface area contributed by atoms with Crippen LogP contribution in [0.15, 0.2) is 30.3 Å². The molecule has 0 bridgehead atoms. The van der Waals surface area contributed by atoms with Crippen LogP contribution in [0.1, 0.15) is 10.5 Å². The number of aromatic nitrogens is 1. The monoisotopic (exact) mass is 314 g/mol. The van der Waals surface area contributed by atoms with E-state index >= 15 is 0 Å². The number of pyridine rings is 1. The molecule has 2 rings (SSSR count). The molecule has 1 aromatic carbocycles. The van der Waals surface area contributed by atoms with Crippen molar-refractivity contribution in [1.82, 2.24) is 4.98 Å². The third-order valence-electron chi connectivity index (χ3n) is 2.39. The lowest BCUT2D eigenvalue weighted by Gasteiger charge is -2.08. The number of benzene rings is 1. The van der Waals surface area contributed by atoms with Crippen LogP contribution < -0.4 is 16.6 Å². The predicted molar refractivity (Wildman–Crippen MR) is 76.4 cm³/mol. The van der Waals surface area contributed by atoms with Gasteiger partial charge in [0.1, 0.15) is 17.3 Å². The van der Waals surface area contributed by atoms with Gasteiger partial charge in [-0.3, -0.25) is 4.79 Å². The highest BCUT2D eigenvalue weighted by molar-refractivity contribution is 6.34. The topological polar surface area (TPSA) is 80.0 Å². The smallest absolute Gasteiger partial charge is 0.275 e. The fraction of sp³-hybridized carbons (Fsp3) is 0. The average Bonchev–Trinajstić information content (AvgIpc) is 2.43. The molecule has 0 aliphatic heterocycles. The number of hydrogen-bond donors (Lipinski definition) is 3. The summed E-state index contributed by atoms with van der Waals surface area (Å²) in [6, 6.07) is 6.81. The second-order valence-electron chi connectivity index (χ2n) is 3.75. The van der Waals surface area contributed by atoms with Gasteiger partial charge >= 0.3 is 0 Å². The third-order valence-corrected chi connectivity index (χ3v) is 2.98. The second-order valence-corrected chi connectivity index (χ2v) is 4.57. The second kappa shape index (κ2) is 6.04. The van der Waals surface area contributed by atoms with E-state index in [-0.39, 0.29) is 21.6 Å². The van der Waals surface area contributed by atoms with E-state index in [9.17, 15) is 9.18 Å². The number of carbonyl (C=O) groups is 1. The summed E-state index contributed by atoms with van der Waals surface area (Å²) in [5.41, 5.74) is 2.62. The van der Waals surface area contributed by atoms with Crippen molar-refractivity contribution in [3.63, 3.8) is 0 Å². The van der Waals surface area contributed by atoms with Crippen LogP contribution in [0.3, 0.4) is 0 Å². The molecule has 0 aliphatic rings. The number of hydrogen-bond acceptors (Lipinski definition) is 4. The Bertz CT molecular complexity index is 666. The van der Waals surface area contributed by atoms with Crippen LogP contribution in [0.25, 0.3) is 0 Å². The van der Waals surface area contributed by atoms with E-state index in [1.54, 1.807) is 0 Å². The van der Waals surface area contributed by atoms with E-state index in [4.69, 9.17) is 29.0 Å². The fourth-order valence-electron chi connectivity index (χ4n) is 1.45. The molecule has 20 heavy (non-hydrogen) atoms. The van der Waals surface area contributed by atoms with E-state index < -0.39 is 11.7 Å². The van der Waals surface area contributed by atoms with E-state index in [0.717, 1.165) is 6.07 Å². The summed E-state index contributed by atoms with van der Waals surface area (Å²) in [7, 11) is 0. The van der Waals surface area contributed by atoms with Gasteiger partial charge in [-0.05, 0) is 30.3 Å². The van der Waals surface area contributed by atoms with Gasteiger partial charge in [-0.25, -0.2) is 15.2 Å².